The number of likely N-dealkylation sites (tertiary alicyclic amines) is 1. The summed E-state index contributed by atoms with van der Waals surface area (Å²) in [7, 11) is -0.992. The molecule has 3 fully saturated rings. The van der Waals surface area contributed by atoms with E-state index in [0.717, 1.165) is 64.6 Å². The Morgan fingerprint density at radius 2 is 1.86 bits per heavy atom. The van der Waals surface area contributed by atoms with E-state index in [2.05, 4.69) is 20.1 Å². The third-order valence-electron chi connectivity index (χ3n) is 5.89. The fraction of sp³-hybridized carbons (Fsp3) is 0.947. The van der Waals surface area contributed by atoms with Crippen molar-refractivity contribution in [2.45, 2.75) is 44.3 Å². The van der Waals surface area contributed by atoms with Gasteiger partial charge in [0, 0.05) is 52.9 Å². The number of ether oxygens (including phenoxy) is 2. The van der Waals surface area contributed by atoms with Gasteiger partial charge in [0.1, 0.15) is 0 Å². The van der Waals surface area contributed by atoms with Crippen molar-refractivity contribution in [1.82, 2.24) is 15.1 Å². The maximum Gasteiger partial charge on any atom is 0.193 e. The van der Waals surface area contributed by atoms with Crippen LogP contribution in [0.2, 0.25) is 0 Å². The number of guanidine groups is 1. The molecule has 0 aromatic rings. The first-order chi connectivity index (χ1) is 13.6. The maximum atomic E-state index is 11.5. The molecule has 3 rings (SSSR count). The van der Waals surface area contributed by atoms with E-state index in [-0.39, 0.29) is 41.6 Å². The number of hydrogen-bond donors (Lipinski definition) is 1. The summed E-state index contributed by atoms with van der Waals surface area (Å²) in [5, 5.41) is 3.43. The van der Waals surface area contributed by atoms with Crippen LogP contribution in [0.3, 0.4) is 0 Å². The Kier molecular flexibility index (Phi) is 10.9. The zero-order chi connectivity index (χ0) is 19.8. The van der Waals surface area contributed by atoms with Gasteiger partial charge in [-0.25, -0.2) is 8.42 Å². The van der Waals surface area contributed by atoms with Crippen LogP contribution in [0.25, 0.3) is 0 Å². The predicted molar refractivity (Wildman–Crippen MR) is 126 cm³/mol. The lowest BCUT2D eigenvalue weighted by atomic mass is 10.1. The summed E-state index contributed by atoms with van der Waals surface area (Å²) in [4.78, 5) is 8.91. The van der Waals surface area contributed by atoms with E-state index >= 15 is 0 Å². The minimum absolute atomic E-state index is 0. The van der Waals surface area contributed by atoms with Gasteiger partial charge in [-0.1, -0.05) is 0 Å². The molecule has 0 aromatic carbocycles. The van der Waals surface area contributed by atoms with Crippen LogP contribution in [0.15, 0.2) is 4.99 Å². The number of halogens is 1. The molecular weight excluding hydrogens is 507 g/mol. The second-order valence-electron chi connectivity index (χ2n) is 7.98. The first kappa shape index (κ1) is 25.1. The Morgan fingerprint density at radius 1 is 1.14 bits per heavy atom. The van der Waals surface area contributed by atoms with Gasteiger partial charge < -0.3 is 19.7 Å². The molecule has 0 aromatic heterocycles. The van der Waals surface area contributed by atoms with Gasteiger partial charge in [0.2, 0.25) is 0 Å². The fourth-order valence-electron chi connectivity index (χ4n) is 4.05. The number of hydrogen-bond acceptors (Lipinski definition) is 6. The normalized spacial score (nSPS) is 26.7. The Bertz CT molecular complexity index is 591. The highest BCUT2D eigenvalue weighted by molar-refractivity contribution is 14.0. The molecule has 1 unspecified atom stereocenters. The van der Waals surface area contributed by atoms with Crippen molar-refractivity contribution < 1.29 is 17.9 Å². The van der Waals surface area contributed by atoms with Crippen LogP contribution < -0.4 is 5.32 Å². The number of aliphatic imine (C=N–C) groups is 1. The van der Waals surface area contributed by atoms with E-state index in [1.54, 1.807) is 0 Å². The van der Waals surface area contributed by atoms with Gasteiger partial charge in [0.25, 0.3) is 0 Å². The quantitative estimate of drug-likeness (QED) is 0.303. The molecule has 3 saturated heterocycles. The summed E-state index contributed by atoms with van der Waals surface area (Å²) in [5.74, 6) is 1.49. The van der Waals surface area contributed by atoms with Crippen molar-refractivity contribution in [1.29, 1.82) is 0 Å². The fourth-order valence-corrected chi connectivity index (χ4v) is 5.33. The lowest BCUT2D eigenvalue weighted by Gasteiger charge is -2.35. The van der Waals surface area contributed by atoms with Gasteiger partial charge in [-0.05, 0) is 32.1 Å². The second kappa shape index (κ2) is 12.6. The van der Waals surface area contributed by atoms with Crippen molar-refractivity contribution in [2.24, 2.45) is 4.99 Å². The average molecular weight is 545 g/mol. The second-order valence-corrected chi connectivity index (χ2v) is 10.3. The van der Waals surface area contributed by atoms with Crippen LogP contribution in [0, 0.1) is 0 Å². The van der Waals surface area contributed by atoms with Crippen molar-refractivity contribution in [3.05, 3.63) is 0 Å². The van der Waals surface area contributed by atoms with E-state index in [0.29, 0.717) is 19.2 Å². The summed E-state index contributed by atoms with van der Waals surface area (Å²) >= 11 is 0. The van der Waals surface area contributed by atoms with Gasteiger partial charge in [0.05, 0.1) is 30.3 Å². The molecule has 0 radical (unpaired) electrons. The average Bonchev–Trinajstić information content (AvgIpc) is 2.72. The van der Waals surface area contributed by atoms with Crippen LogP contribution in [0.4, 0.5) is 0 Å². The topological polar surface area (TPSA) is 83.5 Å². The van der Waals surface area contributed by atoms with E-state index < -0.39 is 9.84 Å². The van der Waals surface area contributed by atoms with Gasteiger partial charge in [0.15, 0.2) is 15.8 Å². The van der Waals surface area contributed by atoms with Gasteiger partial charge in [-0.15, -0.1) is 24.0 Å². The van der Waals surface area contributed by atoms with Gasteiger partial charge in [-0.2, -0.15) is 0 Å². The molecule has 10 heteroatoms. The minimum atomic E-state index is -2.81. The molecule has 0 aliphatic carbocycles. The lowest BCUT2D eigenvalue weighted by Crippen LogP contribution is -2.49. The molecule has 0 bridgehead atoms. The number of sulfone groups is 1. The molecule has 170 valence electrons. The van der Waals surface area contributed by atoms with Crippen LogP contribution in [0.1, 0.15) is 32.1 Å². The molecule has 1 atom stereocenters. The van der Waals surface area contributed by atoms with Crippen LogP contribution in [-0.4, -0.2) is 107 Å². The standard InChI is InChI=1S/C19H36N4O4S.HI/c1-20-19(21-7-10-22-11-14-28(24,25)15-12-22)23-8-5-17(6-9-23)27-16-18-4-2-3-13-26-18;/h17-18H,2-16H2,1H3,(H,20,21);1H. The highest BCUT2D eigenvalue weighted by Gasteiger charge is 2.24. The summed E-state index contributed by atoms with van der Waals surface area (Å²) in [6, 6.07) is 0. The highest BCUT2D eigenvalue weighted by Crippen LogP contribution is 2.18. The van der Waals surface area contributed by atoms with Gasteiger partial charge in [-0.3, -0.25) is 9.89 Å². The third kappa shape index (κ3) is 8.47. The van der Waals surface area contributed by atoms with Crippen molar-refractivity contribution in [3.8, 4) is 0 Å². The van der Waals surface area contributed by atoms with E-state index in [4.69, 9.17) is 9.47 Å². The molecule has 3 heterocycles. The third-order valence-corrected chi connectivity index (χ3v) is 7.50. The maximum absolute atomic E-state index is 11.5. The summed E-state index contributed by atoms with van der Waals surface area (Å²) < 4.78 is 34.9. The van der Waals surface area contributed by atoms with E-state index in [1.165, 1.54) is 12.8 Å². The predicted octanol–water partition coefficient (Wildman–Crippen LogP) is 0.960. The zero-order valence-corrected chi connectivity index (χ0v) is 20.7. The van der Waals surface area contributed by atoms with Crippen LogP contribution in [-0.2, 0) is 19.3 Å². The summed E-state index contributed by atoms with van der Waals surface area (Å²) in [6.07, 6.45) is 6.17. The Hall–Kier alpha value is -0.170. The molecule has 8 nitrogen and oxygen atoms in total. The van der Waals surface area contributed by atoms with Crippen molar-refractivity contribution >= 4 is 39.8 Å². The Morgan fingerprint density at radius 3 is 2.48 bits per heavy atom. The molecule has 1 N–H and O–H groups in total. The van der Waals surface area contributed by atoms with Gasteiger partial charge >= 0.3 is 0 Å². The number of nitrogens with zero attached hydrogens (tertiary/aromatic N) is 3. The van der Waals surface area contributed by atoms with Crippen LogP contribution >= 0.6 is 24.0 Å². The first-order valence-electron chi connectivity index (χ1n) is 10.7. The Labute approximate surface area is 192 Å². The zero-order valence-electron chi connectivity index (χ0n) is 17.6. The summed E-state index contributed by atoms with van der Waals surface area (Å²) in [6.45, 7) is 6.38. The summed E-state index contributed by atoms with van der Waals surface area (Å²) in [5.41, 5.74) is 0. The molecule has 3 aliphatic heterocycles. The number of piperidine rings is 1. The van der Waals surface area contributed by atoms with E-state index in [1.807, 2.05) is 7.05 Å². The first-order valence-corrected chi connectivity index (χ1v) is 12.5. The van der Waals surface area contributed by atoms with Crippen molar-refractivity contribution in [3.63, 3.8) is 0 Å². The van der Waals surface area contributed by atoms with Crippen molar-refractivity contribution in [2.75, 3.05) is 71.0 Å². The molecule has 0 saturated carbocycles. The van der Waals surface area contributed by atoms with Crippen LogP contribution in [0.5, 0.6) is 0 Å². The minimum Gasteiger partial charge on any atom is -0.376 e. The number of nitrogens with one attached hydrogen (secondary N) is 1. The molecular formula is C19H37IN4O4S. The largest absolute Gasteiger partial charge is 0.376 e. The SMILES string of the molecule is CN=C(NCCN1CCS(=O)(=O)CC1)N1CCC(OCC2CCCCO2)CC1.I. The molecule has 3 aliphatic rings. The molecule has 0 amide bonds. The molecule has 0 spiro atoms. The number of rotatable bonds is 6. The van der Waals surface area contributed by atoms with E-state index in [9.17, 15) is 8.42 Å². The highest BCUT2D eigenvalue weighted by atomic mass is 127. The smallest absolute Gasteiger partial charge is 0.193 e. The molecule has 29 heavy (non-hydrogen) atoms. The lowest BCUT2D eigenvalue weighted by molar-refractivity contribution is -0.0721. The Balaban J connectivity index is 0.00000300. The monoisotopic (exact) mass is 544 g/mol.